The van der Waals surface area contributed by atoms with E-state index in [-0.39, 0.29) is 0 Å². The molecule has 7 aromatic rings. The largest absolute Gasteiger partial charge is 0.379 e. The monoisotopic (exact) mass is 625 g/mol. The Morgan fingerprint density at radius 2 is 0.750 bits per heavy atom. The van der Waals surface area contributed by atoms with Gasteiger partial charge in [0.1, 0.15) is 11.4 Å². The first-order valence-corrected chi connectivity index (χ1v) is 16.4. The van der Waals surface area contributed by atoms with E-state index in [1.807, 2.05) is 6.20 Å². The smallest absolute Gasteiger partial charge is 0.146 e. The van der Waals surface area contributed by atoms with Gasteiger partial charge in [0.15, 0.2) is 0 Å². The maximum atomic E-state index is 4.49. The van der Waals surface area contributed by atoms with Gasteiger partial charge in [0.05, 0.1) is 17.4 Å². The first-order chi connectivity index (χ1) is 23.8. The van der Waals surface area contributed by atoms with E-state index in [9.17, 15) is 0 Å². The molecule has 236 valence electrons. The second-order valence-corrected chi connectivity index (χ2v) is 11.8. The van der Waals surface area contributed by atoms with Crippen LogP contribution in [0.2, 0.25) is 0 Å². The van der Waals surface area contributed by atoms with E-state index in [0.717, 1.165) is 28.2 Å². The molecule has 0 radical (unpaired) electrons. The van der Waals surface area contributed by atoms with Crippen molar-refractivity contribution in [2.75, 3.05) is 23.7 Å². The normalized spacial score (nSPS) is 11.6. The van der Waals surface area contributed by atoms with Gasteiger partial charge in [-0.05, 0) is 33.4 Å². The van der Waals surface area contributed by atoms with E-state index in [2.05, 4.69) is 208 Å². The van der Waals surface area contributed by atoms with Gasteiger partial charge in [-0.25, -0.2) is 0 Å². The molecule has 0 saturated carbocycles. The minimum Gasteiger partial charge on any atom is -0.379 e. The van der Waals surface area contributed by atoms with Crippen LogP contribution in [0.15, 0.2) is 188 Å². The average Bonchev–Trinajstić information content (AvgIpc) is 3.62. The summed E-state index contributed by atoms with van der Waals surface area (Å²) in [6.45, 7) is 1.35. The van der Waals surface area contributed by atoms with Crippen molar-refractivity contribution < 1.29 is 0 Å². The summed E-state index contributed by atoms with van der Waals surface area (Å²) in [6, 6.07) is 63.9. The third-order valence-corrected chi connectivity index (χ3v) is 9.02. The molecule has 0 amide bonds. The van der Waals surface area contributed by atoms with Crippen LogP contribution in [0.4, 0.5) is 11.5 Å². The molecule has 1 heterocycles. The van der Waals surface area contributed by atoms with Crippen LogP contribution in [0.5, 0.6) is 0 Å². The van der Waals surface area contributed by atoms with Gasteiger partial charge in [0, 0.05) is 13.1 Å². The number of aromatic amines is 1. The molecule has 7 rings (SSSR count). The van der Waals surface area contributed by atoms with Crippen LogP contribution < -0.4 is 16.0 Å². The molecule has 0 atom stereocenters. The zero-order valence-electron chi connectivity index (χ0n) is 26.8. The van der Waals surface area contributed by atoms with Crippen molar-refractivity contribution in [2.45, 2.75) is 11.1 Å². The molecule has 0 saturated heterocycles. The van der Waals surface area contributed by atoms with Crippen molar-refractivity contribution in [1.82, 2.24) is 15.5 Å². The molecule has 0 aliphatic carbocycles. The molecular weight excluding hydrogens is 587 g/mol. The van der Waals surface area contributed by atoms with Crippen LogP contribution in [0.3, 0.4) is 0 Å². The Bertz CT molecular complexity index is 1780. The maximum absolute atomic E-state index is 4.49. The fraction of sp³-hybridized carbons (Fsp3) is 0.0930. The van der Waals surface area contributed by atoms with Gasteiger partial charge in [0.2, 0.25) is 0 Å². The number of anilines is 2. The first-order valence-electron chi connectivity index (χ1n) is 16.4. The zero-order valence-corrected chi connectivity index (χ0v) is 26.8. The van der Waals surface area contributed by atoms with Gasteiger partial charge >= 0.3 is 0 Å². The quantitative estimate of drug-likeness (QED) is 0.0764. The minimum atomic E-state index is -0.673. The van der Waals surface area contributed by atoms with Crippen LogP contribution in [0.1, 0.15) is 33.4 Å². The SMILES string of the molecule is c1ccc(C(NCCNc2cn[nH]c2NC(c2ccccc2)(c2ccccc2)c2ccccc2)(c2ccccc2)c2ccccc2)cc1. The summed E-state index contributed by atoms with van der Waals surface area (Å²) in [5.74, 6) is 0.812. The van der Waals surface area contributed by atoms with Crippen LogP contribution in [0.25, 0.3) is 0 Å². The average molecular weight is 626 g/mol. The lowest BCUT2D eigenvalue weighted by atomic mass is 9.77. The minimum absolute atomic E-state index is 0.536. The Morgan fingerprint density at radius 1 is 0.417 bits per heavy atom. The van der Waals surface area contributed by atoms with Crippen molar-refractivity contribution in [3.8, 4) is 0 Å². The summed E-state index contributed by atoms with van der Waals surface area (Å²) in [5.41, 5.74) is 6.63. The van der Waals surface area contributed by atoms with Crippen molar-refractivity contribution in [2.24, 2.45) is 0 Å². The molecule has 0 aliphatic heterocycles. The number of aromatic nitrogens is 2. The number of nitrogens with one attached hydrogen (secondary N) is 4. The number of benzene rings is 6. The van der Waals surface area contributed by atoms with Gasteiger partial charge in [0.25, 0.3) is 0 Å². The lowest BCUT2D eigenvalue weighted by molar-refractivity contribution is 0.483. The number of hydrogen-bond acceptors (Lipinski definition) is 4. The van der Waals surface area contributed by atoms with Gasteiger partial charge < -0.3 is 10.6 Å². The molecule has 6 aromatic carbocycles. The Morgan fingerprint density at radius 3 is 1.10 bits per heavy atom. The van der Waals surface area contributed by atoms with Crippen molar-refractivity contribution >= 4 is 11.5 Å². The summed E-state index contributed by atoms with van der Waals surface area (Å²) in [4.78, 5) is 0. The molecule has 0 unspecified atom stereocenters. The highest BCUT2D eigenvalue weighted by Gasteiger charge is 2.38. The fourth-order valence-corrected chi connectivity index (χ4v) is 6.80. The van der Waals surface area contributed by atoms with E-state index in [1.54, 1.807) is 0 Å². The van der Waals surface area contributed by atoms with E-state index >= 15 is 0 Å². The standard InChI is InChI=1S/C43H39N5/c1-7-19-34(20-8-1)42(35-21-9-2-10-22-35,36-23-11-3-12-24-36)45-32-31-44-40-33-46-48-41(40)47-43(37-25-13-4-14-26-37,38-27-15-5-16-28-38)39-29-17-6-18-30-39/h1-30,33,44-45H,31-32H2,(H2,46,47,48). The topological polar surface area (TPSA) is 64.8 Å². The van der Waals surface area contributed by atoms with E-state index in [4.69, 9.17) is 0 Å². The van der Waals surface area contributed by atoms with E-state index in [0.29, 0.717) is 13.1 Å². The van der Waals surface area contributed by atoms with Gasteiger partial charge in [-0.15, -0.1) is 0 Å². The highest BCUT2D eigenvalue weighted by molar-refractivity contribution is 5.68. The second-order valence-electron chi connectivity index (χ2n) is 11.8. The van der Waals surface area contributed by atoms with Crippen LogP contribution in [-0.4, -0.2) is 23.3 Å². The fourth-order valence-electron chi connectivity index (χ4n) is 6.80. The van der Waals surface area contributed by atoms with Crippen molar-refractivity contribution in [1.29, 1.82) is 0 Å². The predicted molar refractivity (Wildman–Crippen MR) is 197 cm³/mol. The van der Waals surface area contributed by atoms with Gasteiger partial charge in [-0.2, -0.15) is 5.10 Å². The lowest BCUT2D eigenvalue weighted by Gasteiger charge is -2.38. The molecule has 0 fully saturated rings. The Hall–Kier alpha value is -5.91. The third-order valence-electron chi connectivity index (χ3n) is 9.02. The number of nitrogens with zero attached hydrogens (tertiary/aromatic N) is 1. The Balaban J connectivity index is 1.20. The summed E-state index contributed by atoms with van der Waals surface area (Å²) < 4.78 is 0. The van der Waals surface area contributed by atoms with Crippen molar-refractivity contribution in [3.05, 3.63) is 222 Å². The number of H-pyrrole nitrogens is 1. The second kappa shape index (κ2) is 14.2. The predicted octanol–water partition coefficient (Wildman–Crippen LogP) is 8.81. The van der Waals surface area contributed by atoms with Crippen LogP contribution in [-0.2, 0) is 11.1 Å². The lowest BCUT2D eigenvalue weighted by Crippen LogP contribution is -2.46. The molecule has 0 bridgehead atoms. The zero-order chi connectivity index (χ0) is 32.5. The van der Waals surface area contributed by atoms with Gasteiger partial charge in [-0.1, -0.05) is 182 Å². The first kappa shape index (κ1) is 30.7. The van der Waals surface area contributed by atoms with E-state index in [1.165, 1.54) is 16.7 Å². The summed E-state index contributed by atoms with van der Waals surface area (Å²) in [6.07, 6.45) is 1.85. The summed E-state index contributed by atoms with van der Waals surface area (Å²) in [7, 11) is 0. The van der Waals surface area contributed by atoms with Crippen molar-refractivity contribution in [3.63, 3.8) is 0 Å². The highest BCUT2D eigenvalue weighted by atomic mass is 15.2. The molecule has 5 nitrogen and oxygen atoms in total. The molecule has 5 heteroatoms. The molecule has 1 aromatic heterocycles. The molecule has 0 aliphatic rings. The highest BCUT2D eigenvalue weighted by Crippen LogP contribution is 2.41. The number of hydrogen-bond donors (Lipinski definition) is 4. The summed E-state index contributed by atoms with van der Waals surface area (Å²) in [5, 5.41) is 19.3. The molecular formula is C43H39N5. The number of rotatable bonds is 13. The molecule has 4 N–H and O–H groups in total. The summed E-state index contributed by atoms with van der Waals surface area (Å²) >= 11 is 0. The van der Waals surface area contributed by atoms with Crippen LogP contribution >= 0.6 is 0 Å². The van der Waals surface area contributed by atoms with Gasteiger partial charge in [-0.3, -0.25) is 10.4 Å². The van der Waals surface area contributed by atoms with E-state index < -0.39 is 11.1 Å². The Labute approximate surface area is 282 Å². The third kappa shape index (κ3) is 5.99. The Kier molecular flexibility index (Phi) is 9.12. The molecule has 48 heavy (non-hydrogen) atoms. The van der Waals surface area contributed by atoms with Crippen LogP contribution in [0, 0.1) is 0 Å². The maximum Gasteiger partial charge on any atom is 0.146 e. The molecule has 0 spiro atoms.